The molecule has 1 aliphatic carbocycles. The molecule has 1 saturated carbocycles. The Labute approximate surface area is 230 Å². The van der Waals surface area contributed by atoms with Gasteiger partial charge < -0.3 is 21.5 Å². The predicted molar refractivity (Wildman–Crippen MR) is 148 cm³/mol. The molecule has 0 spiro atoms. The first-order chi connectivity index (χ1) is 18.6. The van der Waals surface area contributed by atoms with Crippen LogP contribution < -0.4 is 16.4 Å². The number of carbonyl (C=O) groups is 2. The van der Waals surface area contributed by atoms with Crippen molar-refractivity contribution in [3.05, 3.63) is 64.9 Å². The summed E-state index contributed by atoms with van der Waals surface area (Å²) < 4.78 is 29.8. The van der Waals surface area contributed by atoms with Crippen molar-refractivity contribution < 1.29 is 23.5 Å². The highest BCUT2D eigenvalue weighted by Crippen LogP contribution is 2.39. The maximum atomic E-state index is 14.9. The molecule has 11 heteroatoms. The fourth-order valence-corrected chi connectivity index (χ4v) is 5.90. The number of amides is 2. The number of likely N-dealkylation sites (N-methyl/N-ethyl adjacent to an activating group) is 1. The second kappa shape index (κ2) is 12.6. The number of aromatic nitrogens is 1. The highest BCUT2D eigenvalue weighted by molar-refractivity contribution is 7.20. The topological polar surface area (TPSA) is 121 Å². The number of aliphatic hydroxyl groups excluding tert-OH is 1. The number of nitrogens with zero attached hydrogens (tertiary/aromatic N) is 2. The van der Waals surface area contributed by atoms with Crippen LogP contribution in [0.1, 0.15) is 54.2 Å². The number of nitrogens with two attached hydrogens (primary N) is 1. The molecule has 2 heterocycles. The molecule has 2 amide bonds. The van der Waals surface area contributed by atoms with Gasteiger partial charge in [0.15, 0.2) is 0 Å². The first-order valence-corrected chi connectivity index (χ1v) is 13.7. The Kier molecular flexibility index (Phi) is 9.26. The van der Waals surface area contributed by atoms with Gasteiger partial charge in [0, 0.05) is 17.5 Å². The summed E-state index contributed by atoms with van der Waals surface area (Å²) in [5, 5.41) is 16.0. The van der Waals surface area contributed by atoms with Crippen LogP contribution in [0.4, 0.5) is 19.6 Å². The van der Waals surface area contributed by atoms with Crippen molar-refractivity contribution >= 4 is 34.0 Å². The first kappa shape index (κ1) is 28.6. The molecule has 1 atom stereocenters. The van der Waals surface area contributed by atoms with Gasteiger partial charge >= 0.3 is 0 Å². The molecule has 4 rings (SSSR count). The van der Waals surface area contributed by atoms with Gasteiger partial charge in [0.1, 0.15) is 22.5 Å². The van der Waals surface area contributed by atoms with Crippen molar-refractivity contribution in [3.8, 4) is 10.4 Å². The molecule has 1 aliphatic rings. The van der Waals surface area contributed by atoms with E-state index >= 15 is 0 Å². The van der Waals surface area contributed by atoms with Gasteiger partial charge in [-0.1, -0.05) is 18.9 Å². The van der Waals surface area contributed by atoms with Crippen LogP contribution in [-0.4, -0.2) is 52.5 Å². The summed E-state index contributed by atoms with van der Waals surface area (Å²) >= 11 is 0.982. The number of nitrogens with one attached hydrogen (secondary N) is 2. The lowest BCUT2D eigenvalue weighted by molar-refractivity contribution is -0.122. The molecular weight excluding hydrogens is 524 g/mol. The third-order valence-corrected chi connectivity index (χ3v) is 7.56. The average Bonchev–Trinajstić information content (AvgIpc) is 3.48. The van der Waals surface area contributed by atoms with Crippen LogP contribution in [0.25, 0.3) is 10.4 Å². The molecule has 0 radical (unpaired) electrons. The van der Waals surface area contributed by atoms with Crippen LogP contribution in [-0.2, 0) is 17.8 Å². The van der Waals surface area contributed by atoms with Crippen LogP contribution in [0.15, 0.2) is 36.4 Å². The van der Waals surface area contributed by atoms with E-state index in [1.807, 2.05) is 18.0 Å². The summed E-state index contributed by atoms with van der Waals surface area (Å²) in [4.78, 5) is 31.1. The minimum absolute atomic E-state index is 0.0192. The number of pyridine rings is 1. The Morgan fingerprint density at radius 1 is 1.21 bits per heavy atom. The summed E-state index contributed by atoms with van der Waals surface area (Å²) in [6.07, 6.45) is 3.71. The number of thiophene rings is 1. The summed E-state index contributed by atoms with van der Waals surface area (Å²) in [5.74, 6) is -1.95. The summed E-state index contributed by atoms with van der Waals surface area (Å²) in [6, 6.07) is 9.28. The molecule has 3 aromatic rings. The van der Waals surface area contributed by atoms with E-state index in [0.29, 0.717) is 28.6 Å². The number of hydrogen-bond donors (Lipinski definition) is 4. The minimum atomic E-state index is -0.797. The molecule has 0 aliphatic heterocycles. The zero-order valence-electron chi connectivity index (χ0n) is 22.0. The Bertz CT molecular complexity index is 1320. The molecule has 5 N–H and O–H groups in total. The molecular formula is C28H33F2N5O3S. The Balaban J connectivity index is 1.49. The van der Waals surface area contributed by atoms with Crippen molar-refractivity contribution in [1.82, 2.24) is 15.2 Å². The molecule has 2 aromatic heterocycles. The molecule has 1 aromatic carbocycles. The lowest BCUT2D eigenvalue weighted by atomic mass is 10.0. The third kappa shape index (κ3) is 7.59. The van der Waals surface area contributed by atoms with E-state index in [9.17, 15) is 23.5 Å². The normalized spacial score (nSPS) is 14.5. The van der Waals surface area contributed by atoms with E-state index in [0.717, 1.165) is 37.0 Å². The van der Waals surface area contributed by atoms with E-state index in [1.165, 1.54) is 25.1 Å². The molecule has 39 heavy (non-hydrogen) atoms. The Morgan fingerprint density at radius 2 is 1.90 bits per heavy atom. The van der Waals surface area contributed by atoms with Crippen molar-refractivity contribution in [1.29, 1.82) is 0 Å². The van der Waals surface area contributed by atoms with Crippen molar-refractivity contribution in [2.24, 2.45) is 5.73 Å². The molecule has 1 unspecified atom stereocenters. The Morgan fingerprint density at radius 3 is 2.54 bits per heavy atom. The van der Waals surface area contributed by atoms with Gasteiger partial charge in [-0.05, 0) is 69.1 Å². The molecule has 208 valence electrons. The van der Waals surface area contributed by atoms with Gasteiger partial charge in [0.25, 0.3) is 5.91 Å². The highest BCUT2D eigenvalue weighted by atomic mass is 32.1. The van der Waals surface area contributed by atoms with Crippen molar-refractivity contribution in [2.45, 2.75) is 57.7 Å². The predicted octanol–water partition coefficient (Wildman–Crippen LogP) is 4.34. The minimum Gasteiger partial charge on any atom is -0.393 e. The largest absolute Gasteiger partial charge is 0.393 e. The standard InChI is InChI=1S/C28H33F2N5O3S/c1-16(36)10-17-11-21(29)26(22(30)12-17)23-13-20(27(31)38)28(39-23)34-24-9-5-8-19(32-24)14-35(2)15-25(37)33-18-6-3-4-7-18/h5,8-9,11-13,16,18,36H,3-4,6-7,10,14-15H2,1-2H3,(H2,31,38)(H,32,34)(H,33,37). The van der Waals surface area contributed by atoms with Crippen LogP contribution >= 0.6 is 11.3 Å². The zero-order chi connectivity index (χ0) is 28.1. The van der Waals surface area contributed by atoms with Gasteiger partial charge in [-0.15, -0.1) is 11.3 Å². The van der Waals surface area contributed by atoms with Crippen molar-refractivity contribution in [2.75, 3.05) is 18.9 Å². The van der Waals surface area contributed by atoms with E-state index in [2.05, 4.69) is 15.6 Å². The van der Waals surface area contributed by atoms with Gasteiger partial charge in [0.05, 0.1) is 29.5 Å². The van der Waals surface area contributed by atoms with Gasteiger partial charge in [-0.2, -0.15) is 0 Å². The maximum absolute atomic E-state index is 14.9. The first-order valence-electron chi connectivity index (χ1n) is 12.9. The van der Waals surface area contributed by atoms with Crippen LogP contribution in [0.5, 0.6) is 0 Å². The number of aliphatic hydroxyl groups is 1. The monoisotopic (exact) mass is 557 g/mol. The fourth-order valence-electron chi connectivity index (χ4n) is 4.78. The number of carbonyl (C=O) groups excluding carboxylic acids is 2. The van der Waals surface area contributed by atoms with E-state index in [-0.39, 0.29) is 40.9 Å². The zero-order valence-corrected chi connectivity index (χ0v) is 22.8. The Hall–Kier alpha value is -3.41. The fraction of sp³-hybridized carbons (Fsp3) is 0.393. The summed E-state index contributed by atoms with van der Waals surface area (Å²) in [5.41, 5.74) is 6.39. The van der Waals surface area contributed by atoms with E-state index in [4.69, 9.17) is 5.73 Å². The quantitative estimate of drug-likeness (QED) is 0.278. The lowest BCUT2D eigenvalue weighted by Crippen LogP contribution is -2.39. The molecule has 1 fully saturated rings. The van der Waals surface area contributed by atoms with E-state index in [1.54, 1.807) is 12.1 Å². The number of rotatable bonds is 11. The van der Waals surface area contributed by atoms with E-state index < -0.39 is 23.6 Å². The van der Waals surface area contributed by atoms with Crippen LogP contribution in [0.2, 0.25) is 0 Å². The number of anilines is 2. The number of hydrogen-bond acceptors (Lipinski definition) is 7. The SMILES string of the molecule is CC(O)Cc1cc(F)c(-c2cc(C(N)=O)c(Nc3cccc(CN(C)CC(=O)NC4CCCC4)n3)s2)c(F)c1. The maximum Gasteiger partial charge on any atom is 0.251 e. The number of halogens is 2. The lowest BCUT2D eigenvalue weighted by Gasteiger charge is -2.18. The molecule has 0 saturated heterocycles. The third-order valence-electron chi connectivity index (χ3n) is 6.49. The summed E-state index contributed by atoms with van der Waals surface area (Å²) in [6.45, 7) is 2.19. The molecule has 8 nitrogen and oxygen atoms in total. The second-order valence-electron chi connectivity index (χ2n) is 10.1. The van der Waals surface area contributed by atoms with Crippen LogP contribution in [0.3, 0.4) is 0 Å². The van der Waals surface area contributed by atoms with Gasteiger partial charge in [-0.25, -0.2) is 13.8 Å². The van der Waals surface area contributed by atoms with Crippen molar-refractivity contribution in [3.63, 3.8) is 0 Å². The number of benzene rings is 1. The van der Waals surface area contributed by atoms with Gasteiger partial charge in [-0.3, -0.25) is 14.5 Å². The van der Waals surface area contributed by atoms with Gasteiger partial charge in [0.2, 0.25) is 5.91 Å². The van der Waals surface area contributed by atoms with Crippen LogP contribution in [0, 0.1) is 11.6 Å². The second-order valence-corrected chi connectivity index (χ2v) is 11.1. The smallest absolute Gasteiger partial charge is 0.251 e. The average molecular weight is 558 g/mol. The molecule has 0 bridgehead atoms. The highest BCUT2D eigenvalue weighted by Gasteiger charge is 2.22. The number of primary amides is 1. The summed E-state index contributed by atoms with van der Waals surface area (Å²) in [7, 11) is 1.84.